The lowest BCUT2D eigenvalue weighted by atomic mass is 10.2. The number of anilines is 1. The Bertz CT molecular complexity index is 1220. The van der Waals surface area contributed by atoms with Crippen LogP contribution >= 0.6 is 11.6 Å². The lowest BCUT2D eigenvalue weighted by Gasteiger charge is -2.04. The van der Waals surface area contributed by atoms with Crippen molar-refractivity contribution in [1.82, 2.24) is 4.98 Å². The number of halogens is 1. The summed E-state index contributed by atoms with van der Waals surface area (Å²) in [4.78, 5) is 27.1. The van der Waals surface area contributed by atoms with E-state index < -0.39 is 10.8 Å². The second-order valence-electron chi connectivity index (χ2n) is 5.94. The van der Waals surface area contributed by atoms with E-state index in [0.29, 0.717) is 33.3 Å². The molecule has 0 radical (unpaired) electrons. The average molecular weight is 394 g/mol. The number of hydrogen-bond donors (Lipinski definition) is 1. The van der Waals surface area contributed by atoms with Gasteiger partial charge in [-0.3, -0.25) is 14.9 Å². The molecule has 0 saturated heterocycles. The van der Waals surface area contributed by atoms with Crippen molar-refractivity contribution >= 4 is 40.0 Å². The van der Waals surface area contributed by atoms with Crippen LogP contribution in [0.2, 0.25) is 5.02 Å². The second-order valence-corrected chi connectivity index (χ2v) is 6.35. The Labute approximate surface area is 163 Å². The second kappa shape index (κ2) is 7.13. The quantitative estimate of drug-likeness (QED) is 0.374. The van der Waals surface area contributed by atoms with Gasteiger partial charge in [-0.2, -0.15) is 0 Å². The molecule has 4 aromatic rings. The van der Waals surface area contributed by atoms with Gasteiger partial charge in [0.25, 0.3) is 11.6 Å². The number of fused-ring (bicyclic) bond motifs is 1. The maximum absolute atomic E-state index is 12.4. The molecule has 8 heteroatoms. The highest BCUT2D eigenvalue weighted by atomic mass is 35.5. The fourth-order valence-electron chi connectivity index (χ4n) is 2.72. The number of nitro groups is 1. The van der Waals surface area contributed by atoms with Gasteiger partial charge in [0, 0.05) is 29.4 Å². The van der Waals surface area contributed by atoms with Crippen molar-refractivity contribution in [3.8, 4) is 11.5 Å². The van der Waals surface area contributed by atoms with E-state index in [0.717, 1.165) is 0 Å². The van der Waals surface area contributed by atoms with Crippen molar-refractivity contribution in [2.24, 2.45) is 0 Å². The van der Waals surface area contributed by atoms with Gasteiger partial charge in [-0.25, -0.2) is 4.98 Å². The number of hydrogen-bond acceptors (Lipinski definition) is 5. The summed E-state index contributed by atoms with van der Waals surface area (Å²) in [5.41, 5.74) is 2.27. The van der Waals surface area contributed by atoms with Gasteiger partial charge in [0.05, 0.1) is 15.5 Å². The Morgan fingerprint density at radius 2 is 1.89 bits per heavy atom. The highest BCUT2D eigenvalue weighted by molar-refractivity contribution is 6.33. The van der Waals surface area contributed by atoms with Crippen molar-refractivity contribution in [2.75, 3.05) is 5.32 Å². The molecule has 28 heavy (non-hydrogen) atoms. The monoisotopic (exact) mass is 393 g/mol. The third kappa shape index (κ3) is 3.43. The molecule has 1 aromatic heterocycles. The summed E-state index contributed by atoms with van der Waals surface area (Å²) in [6.45, 7) is 0. The van der Waals surface area contributed by atoms with Crippen LogP contribution in [0.15, 0.2) is 71.1 Å². The van der Waals surface area contributed by atoms with Gasteiger partial charge in [0.2, 0.25) is 5.89 Å². The van der Waals surface area contributed by atoms with Crippen molar-refractivity contribution in [1.29, 1.82) is 0 Å². The standard InChI is InChI=1S/C20H12ClN3O4/c21-16-7-2-1-6-15(16)20-23-17-9-8-13(11-18(17)28-20)22-19(25)12-4-3-5-14(10-12)24(26)27/h1-11H,(H,22,25). The molecule has 0 atom stereocenters. The smallest absolute Gasteiger partial charge is 0.270 e. The van der Waals surface area contributed by atoms with E-state index in [1.165, 1.54) is 24.3 Å². The van der Waals surface area contributed by atoms with Gasteiger partial charge in [0.15, 0.2) is 5.58 Å². The van der Waals surface area contributed by atoms with Crippen LogP contribution in [0.1, 0.15) is 10.4 Å². The number of aromatic nitrogens is 1. The molecule has 0 fully saturated rings. The van der Waals surface area contributed by atoms with Gasteiger partial charge in [-0.05, 0) is 30.3 Å². The molecule has 0 aliphatic rings. The van der Waals surface area contributed by atoms with Crippen LogP contribution in [-0.4, -0.2) is 15.8 Å². The fraction of sp³-hybridized carbons (Fsp3) is 0. The Morgan fingerprint density at radius 3 is 2.68 bits per heavy atom. The first kappa shape index (κ1) is 17.7. The summed E-state index contributed by atoms with van der Waals surface area (Å²) in [6.07, 6.45) is 0. The molecule has 0 bridgehead atoms. The van der Waals surface area contributed by atoms with Crippen molar-refractivity contribution in [3.05, 3.63) is 87.4 Å². The summed E-state index contributed by atoms with van der Waals surface area (Å²) in [6, 6.07) is 17.7. The molecular weight excluding hydrogens is 382 g/mol. The number of non-ortho nitro benzene ring substituents is 1. The average Bonchev–Trinajstić information content (AvgIpc) is 3.11. The first-order chi connectivity index (χ1) is 13.5. The molecule has 3 aromatic carbocycles. The number of nitrogens with zero attached hydrogens (tertiary/aromatic N) is 2. The minimum Gasteiger partial charge on any atom is -0.436 e. The molecule has 0 saturated carbocycles. The minimum atomic E-state index is -0.548. The van der Waals surface area contributed by atoms with Crippen LogP contribution in [0.4, 0.5) is 11.4 Å². The summed E-state index contributed by atoms with van der Waals surface area (Å²) < 4.78 is 5.78. The number of carbonyl (C=O) groups is 1. The molecule has 0 aliphatic carbocycles. The third-order valence-corrected chi connectivity index (χ3v) is 4.40. The Balaban J connectivity index is 1.61. The normalized spacial score (nSPS) is 10.8. The van der Waals surface area contributed by atoms with E-state index in [1.54, 1.807) is 30.3 Å². The van der Waals surface area contributed by atoms with E-state index in [-0.39, 0.29) is 11.3 Å². The first-order valence-electron chi connectivity index (χ1n) is 8.22. The predicted octanol–water partition coefficient (Wildman–Crippen LogP) is 5.31. The minimum absolute atomic E-state index is 0.150. The molecule has 138 valence electrons. The molecule has 0 unspecified atom stereocenters. The number of nitro benzene ring substituents is 1. The molecular formula is C20H12ClN3O4. The number of rotatable bonds is 4. The van der Waals surface area contributed by atoms with E-state index in [2.05, 4.69) is 10.3 Å². The van der Waals surface area contributed by atoms with Gasteiger partial charge in [-0.1, -0.05) is 29.8 Å². The molecule has 1 N–H and O–H groups in total. The topological polar surface area (TPSA) is 98.3 Å². The number of benzene rings is 3. The zero-order chi connectivity index (χ0) is 19.7. The molecule has 0 aliphatic heterocycles. The number of carbonyl (C=O) groups excluding carboxylic acids is 1. The summed E-state index contributed by atoms with van der Waals surface area (Å²) in [7, 11) is 0. The van der Waals surface area contributed by atoms with Gasteiger partial charge < -0.3 is 9.73 Å². The Hall–Kier alpha value is -3.71. The largest absolute Gasteiger partial charge is 0.436 e. The van der Waals surface area contributed by atoms with Gasteiger partial charge in [0.1, 0.15) is 5.52 Å². The third-order valence-electron chi connectivity index (χ3n) is 4.07. The Kier molecular flexibility index (Phi) is 4.50. The van der Waals surface area contributed by atoms with Crippen LogP contribution in [0.5, 0.6) is 0 Å². The maximum Gasteiger partial charge on any atom is 0.270 e. The van der Waals surface area contributed by atoms with Crippen molar-refractivity contribution in [2.45, 2.75) is 0 Å². The maximum atomic E-state index is 12.4. The van der Waals surface area contributed by atoms with E-state index >= 15 is 0 Å². The highest BCUT2D eigenvalue weighted by Crippen LogP contribution is 2.30. The van der Waals surface area contributed by atoms with E-state index in [9.17, 15) is 14.9 Å². The molecule has 7 nitrogen and oxygen atoms in total. The van der Waals surface area contributed by atoms with Crippen LogP contribution in [0.25, 0.3) is 22.6 Å². The van der Waals surface area contributed by atoms with Crippen LogP contribution in [0, 0.1) is 10.1 Å². The summed E-state index contributed by atoms with van der Waals surface area (Å²) in [5.74, 6) is -0.0864. The lowest BCUT2D eigenvalue weighted by molar-refractivity contribution is -0.384. The Morgan fingerprint density at radius 1 is 1.07 bits per heavy atom. The van der Waals surface area contributed by atoms with Crippen LogP contribution in [-0.2, 0) is 0 Å². The van der Waals surface area contributed by atoms with Gasteiger partial charge >= 0.3 is 0 Å². The van der Waals surface area contributed by atoms with E-state index in [1.807, 2.05) is 12.1 Å². The fourth-order valence-corrected chi connectivity index (χ4v) is 2.93. The molecule has 1 amide bonds. The molecule has 1 heterocycles. The van der Waals surface area contributed by atoms with E-state index in [4.69, 9.17) is 16.0 Å². The highest BCUT2D eigenvalue weighted by Gasteiger charge is 2.14. The molecule has 0 spiro atoms. The number of oxazole rings is 1. The first-order valence-corrected chi connectivity index (χ1v) is 8.60. The SMILES string of the molecule is O=C(Nc1ccc2nc(-c3ccccc3Cl)oc2c1)c1cccc([N+](=O)[O-])c1. The number of nitrogens with one attached hydrogen (secondary N) is 1. The van der Waals surface area contributed by atoms with Gasteiger partial charge in [-0.15, -0.1) is 0 Å². The van der Waals surface area contributed by atoms with Crippen molar-refractivity contribution in [3.63, 3.8) is 0 Å². The zero-order valence-electron chi connectivity index (χ0n) is 14.3. The molecule has 4 rings (SSSR count). The zero-order valence-corrected chi connectivity index (χ0v) is 15.0. The predicted molar refractivity (Wildman–Crippen MR) is 106 cm³/mol. The summed E-state index contributed by atoms with van der Waals surface area (Å²) >= 11 is 6.18. The van der Waals surface area contributed by atoms with Crippen molar-refractivity contribution < 1.29 is 14.1 Å². The lowest BCUT2D eigenvalue weighted by Crippen LogP contribution is -2.11. The van der Waals surface area contributed by atoms with Crippen LogP contribution in [0.3, 0.4) is 0 Å². The van der Waals surface area contributed by atoms with Crippen LogP contribution < -0.4 is 5.32 Å². The summed E-state index contributed by atoms with van der Waals surface area (Å²) in [5, 5.41) is 14.1. The number of amides is 1.